The van der Waals surface area contributed by atoms with Crippen molar-refractivity contribution in [2.75, 3.05) is 5.01 Å². The Morgan fingerprint density at radius 1 is 0.757 bits per heavy atom. The molecule has 1 aliphatic rings. The van der Waals surface area contributed by atoms with E-state index in [9.17, 15) is 9.18 Å². The molecule has 37 heavy (non-hydrogen) atoms. The standard InChI is InChI=1S/C30H20FN5O/c31-24-15-13-21(14-16-24)28-23(20-35(33-28)25-9-3-1-4-10-25)18-27-29(22-8-7-17-32-19-22)34-36(30(27)37)26-11-5-2-6-12-26/h1-20H/b27-18-. The number of benzene rings is 3. The highest BCUT2D eigenvalue weighted by molar-refractivity contribution is 6.37. The smallest absolute Gasteiger partial charge is 0.267 e. The van der Waals surface area contributed by atoms with E-state index in [1.54, 1.807) is 35.3 Å². The Morgan fingerprint density at radius 2 is 1.46 bits per heavy atom. The largest absolute Gasteiger partial charge is 0.281 e. The van der Waals surface area contributed by atoms with E-state index in [1.807, 2.05) is 79.0 Å². The lowest BCUT2D eigenvalue weighted by atomic mass is 10.00. The Morgan fingerprint density at radius 3 is 2.14 bits per heavy atom. The average molecular weight is 486 g/mol. The number of anilines is 1. The van der Waals surface area contributed by atoms with E-state index in [4.69, 9.17) is 5.10 Å². The summed E-state index contributed by atoms with van der Waals surface area (Å²) in [6, 6.07) is 28.8. The maximum Gasteiger partial charge on any atom is 0.281 e. The molecule has 1 aliphatic heterocycles. The van der Waals surface area contributed by atoms with Crippen molar-refractivity contribution in [3.63, 3.8) is 0 Å². The fraction of sp³-hybridized carbons (Fsp3) is 0. The van der Waals surface area contributed by atoms with E-state index in [-0.39, 0.29) is 11.7 Å². The van der Waals surface area contributed by atoms with Crippen LogP contribution in [0.25, 0.3) is 23.0 Å². The molecular weight excluding hydrogens is 465 g/mol. The van der Waals surface area contributed by atoms with Gasteiger partial charge in [0.25, 0.3) is 5.91 Å². The second-order valence-corrected chi connectivity index (χ2v) is 8.42. The first kappa shape index (κ1) is 22.3. The first-order valence-corrected chi connectivity index (χ1v) is 11.7. The number of nitrogens with zero attached hydrogens (tertiary/aromatic N) is 5. The number of hydrazone groups is 1. The number of aromatic nitrogens is 3. The number of rotatable bonds is 5. The van der Waals surface area contributed by atoms with Gasteiger partial charge in [-0.3, -0.25) is 9.78 Å². The second-order valence-electron chi connectivity index (χ2n) is 8.42. The van der Waals surface area contributed by atoms with Crippen molar-refractivity contribution in [2.24, 2.45) is 5.10 Å². The highest BCUT2D eigenvalue weighted by Gasteiger charge is 2.32. The van der Waals surface area contributed by atoms with Gasteiger partial charge < -0.3 is 0 Å². The van der Waals surface area contributed by atoms with Gasteiger partial charge >= 0.3 is 0 Å². The molecule has 6 rings (SSSR count). The van der Waals surface area contributed by atoms with Crippen molar-refractivity contribution in [1.29, 1.82) is 0 Å². The number of hydrogen-bond donors (Lipinski definition) is 0. The van der Waals surface area contributed by atoms with Gasteiger partial charge in [0, 0.05) is 35.3 Å². The van der Waals surface area contributed by atoms with E-state index in [0.717, 1.165) is 16.8 Å². The summed E-state index contributed by atoms with van der Waals surface area (Å²) in [5, 5.41) is 10.9. The van der Waals surface area contributed by atoms with Crippen molar-refractivity contribution < 1.29 is 9.18 Å². The van der Waals surface area contributed by atoms with Gasteiger partial charge in [0.05, 0.1) is 22.6 Å². The van der Waals surface area contributed by atoms with Crippen molar-refractivity contribution in [2.45, 2.75) is 0 Å². The molecule has 178 valence electrons. The summed E-state index contributed by atoms with van der Waals surface area (Å²) in [5.74, 6) is -0.593. The SMILES string of the molecule is O=C1/C(=C\c2cn(-c3ccccc3)nc2-c2ccc(F)cc2)C(c2cccnc2)=NN1c1ccccc1. The fourth-order valence-electron chi connectivity index (χ4n) is 4.20. The van der Waals surface area contributed by atoms with Crippen LogP contribution in [0, 0.1) is 5.82 Å². The third kappa shape index (κ3) is 4.34. The minimum Gasteiger partial charge on any atom is -0.267 e. The van der Waals surface area contributed by atoms with Gasteiger partial charge in [-0.2, -0.15) is 15.2 Å². The van der Waals surface area contributed by atoms with Crippen LogP contribution in [0.15, 0.2) is 126 Å². The summed E-state index contributed by atoms with van der Waals surface area (Å²) in [5.41, 5.74) is 5.22. The topological polar surface area (TPSA) is 63.4 Å². The normalized spacial score (nSPS) is 14.3. The Balaban J connectivity index is 1.52. The van der Waals surface area contributed by atoms with Gasteiger partial charge in [-0.05, 0) is 66.7 Å². The Labute approximate surface area is 212 Å². The molecule has 1 amide bonds. The molecule has 0 bridgehead atoms. The predicted molar refractivity (Wildman–Crippen MR) is 142 cm³/mol. The first-order chi connectivity index (χ1) is 18.2. The Kier molecular flexibility index (Phi) is 5.71. The van der Waals surface area contributed by atoms with Crippen molar-refractivity contribution in [3.8, 4) is 16.9 Å². The van der Waals surface area contributed by atoms with Gasteiger partial charge in [-0.25, -0.2) is 9.07 Å². The molecule has 6 nitrogen and oxygen atoms in total. The minimum atomic E-state index is -0.332. The molecule has 5 aromatic rings. The molecule has 2 aromatic heterocycles. The van der Waals surface area contributed by atoms with E-state index < -0.39 is 0 Å². The number of para-hydroxylation sites is 2. The lowest BCUT2D eigenvalue weighted by Crippen LogP contribution is -2.21. The molecule has 0 saturated heterocycles. The van der Waals surface area contributed by atoms with Crippen LogP contribution in [0.4, 0.5) is 10.1 Å². The maximum absolute atomic E-state index is 13.7. The molecule has 0 aliphatic carbocycles. The third-order valence-electron chi connectivity index (χ3n) is 5.99. The van der Waals surface area contributed by atoms with Gasteiger partial charge in [0.2, 0.25) is 0 Å². The molecule has 0 fully saturated rings. The van der Waals surface area contributed by atoms with Crippen LogP contribution >= 0.6 is 0 Å². The highest BCUT2D eigenvalue weighted by Crippen LogP contribution is 2.31. The Hall–Kier alpha value is -5.17. The minimum absolute atomic E-state index is 0.262. The summed E-state index contributed by atoms with van der Waals surface area (Å²) >= 11 is 0. The van der Waals surface area contributed by atoms with Crippen LogP contribution in [0.1, 0.15) is 11.1 Å². The molecule has 0 radical (unpaired) electrons. The maximum atomic E-state index is 13.7. The number of pyridine rings is 1. The summed E-state index contributed by atoms with van der Waals surface area (Å²) in [7, 11) is 0. The van der Waals surface area contributed by atoms with Crippen molar-refractivity contribution in [1.82, 2.24) is 14.8 Å². The zero-order chi connectivity index (χ0) is 25.2. The lowest BCUT2D eigenvalue weighted by Gasteiger charge is -2.10. The van der Waals surface area contributed by atoms with Crippen LogP contribution in [0.5, 0.6) is 0 Å². The molecule has 0 unspecified atom stereocenters. The monoisotopic (exact) mass is 485 g/mol. The predicted octanol–water partition coefficient (Wildman–Crippen LogP) is 5.91. The van der Waals surface area contributed by atoms with Crippen LogP contribution in [0.2, 0.25) is 0 Å². The zero-order valence-electron chi connectivity index (χ0n) is 19.6. The van der Waals surface area contributed by atoms with Crippen LogP contribution < -0.4 is 5.01 Å². The molecule has 0 atom stereocenters. The second kappa shape index (κ2) is 9.47. The molecule has 0 saturated carbocycles. The Bertz CT molecular complexity index is 1630. The first-order valence-electron chi connectivity index (χ1n) is 11.7. The molecule has 3 heterocycles. The molecule has 3 aromatic carbocycles. The quantitative estimate of drug-likeness (QED) is 0.291. The van der Waals surface area contributed by atoms with E-state index in [0.29, 0.717) is 28.2 Å². The number of hydrogen-bond acceptors (Lipinski definition) is 4. The number of carbonyl (C=O) groups excluding carboxylic acids is 1. The number of carbonyl (C=O) groups is 1. The lowest BCUT2D eigenvalue weighted by molar-refractivity contribution is -0.114. The van der Waals surface area contributed by atoms with E-state index in [1.165, 1.54) is 17.1 Å². The number of amides is 1. The van der Waals surface area contributed by atoms with Crippen molar-refractivity contribution >= 4 is 23.4 Å². The van der Waals surface area contributed by atoms with E-state index >= 15 is 0 Å². The molecule has 0 spiro atoms. The number of halogens is 1. The van der Waals surface area contributed by atoms with Gasteiger partial charge in [0.1, 0.15) is 11.5 Å². The van der Waals surface area contributed by atoms with Crippen LogP contribution in [-0.2, 0) is 4.79 Å². The fourth-order valence-corrected chi connectivity index (χ4v) is 4.20. The molecule has 0 N–H and O–H groups in total. The van der Waals surface area contributed by atoms with Gasteiger partial charge in [-0.1, -0.05) is 36.4 Å². The van der Waals surface area contributed by atoms with Gasteiger partial charge in [0.15, 0.2) is 0 Å². The third-order valence-corrected chi connectivity index (χ3v) is 5.99. The van der Waals surface area contributed by atoms with Gasteiger partial charge in [-0.15, -0.1) is 0 Å². The summed E-state index contributed by atoms with van der Waals surface area (Å²) in [4.78, 5) is 17.9. The summed E-state index contributed by atoms with van der Waals surface area (Å²) in [6.07, 6.45) is 7.01. The molecule has 7 heteroatoms. The average Bonchev–Trinajstić information content (AvgIpc) is 3.52. The molecular formula is C30H20FN5O. The highest BCUT2D eigenvalue weighted by atomic mass is 19.1. The van der Waals surface area contributed by atoms with Crippen molar-refractivity contribution in [3.05, 3.63) is 138 Å². The summed E-state index contributed by atoms with van der Waals surface area (Å²) in [6.45, 7) is 0. The van der Waals surface area contributed by atoms with E-state index in [2.05, 4.69) is 10.1 Å². The van der Waals surface area contributed by atoms with Crippen LogP contribution in [0.3, 0.4) is 0 Å². The zero-order valence-corrected chi connectivity index (χ0v) is 19.6. The summed E-state index contributed by atoms with van der Waals surface area (Å²) < 4.78 is 15.4. The van der Waals surface area contributed by atoms with Crippen LogP contribution in [-0.4, -0.2) is 26.4 Å².